The Morgan fingerprint density at radius 2 is 0.462 bits per heavy atom. The lowest BCUT2D eigenvalue weighted by Crippen LogP contribution is -2.30. The molecule has 0 aliphatic heterocycles. The van der Waals surface area contributed by atoms with Crippen molar-refractivity contribution in [3.05, 3.63) is 0 Å². The Morgan fingerprint density at radius 1 is 0.269 bits per heavy atom. The van der Waals surface area contributed by atoms with Crippen molar-refractivity contribution in [3.8, 4) is 0 Å². The molecule has 6 atom stereocenters. The summed E-state index contributed by atoms with van der Waals surface area (Å²) in [6.07, 6.45) is 62.6. The van der Waals surface area contributed by atoms with Crippen molar-refractivity contribution in [2.45, 2.75) is 459 Å². The summed E-state index contributed by atoms with van der Waals surface area (Å²) in [7, 11) is -9.93. The minimum Gasteiger partial charge on any atom is -0.462 e. The van der Waals surface area contributed by atoms with E-state index in [0.29, 0.717) is 31.6 Å². The number of ether oxygens (including phenoxy) is 4. The van der Waals surface area contributed by atoms with Gasteiger partial charge < -0.3 is 33.8 Å². The summed E-state index contributed by atoms with van der Waals surface area (Å²) < 4.78 is 68.8. The number of aliphatic hydroxyl groups excluding tert-OH is 1. The first-order valence-corrected chi connectivity index (χ1v) is 46.7. The molecule has 0 radical (unpaired) electrons. The Kier molecular flexibility index (Phi) is 72.5. The van der Waals surface area contributed by atoms with Crippen LogP contribution in [-0.4, -0.2) is 96.7 Å². The molecule has 618 valence electrons. The van der Waals surface area contributed by atoms with Crippen LogP contribution in [0.3, 0.4) is 0 Å². The van der Waals surface area contributed by atoms with Crippen LogP contribution in [0.5, 0.6) is 0 Å². The van der Waals surface area contributed by atoms with Gasteiger partial charge in [0.15, 0.2) is 12.2 Å². The van der Waals surface area contributed by atoms with Gasteiger partial charge in [0.2, 0.25) is 0 Å². The van der Waals surface area contributed by atoms with Gasteiger partial charge in [0, 0.05) is 25.7 Å². The number of hydrogen-bond acceptors (Lipinski definition) is 15. The van der Waals surface area contributed by atoms with Gasteiger partial charge in [-0.25, -0.2) is 9.13 Å². The molecule has 0 aromatic carbocycles. The van der Waals surface area contributed by atoms with Gasteiger partial charge in [-0.05, 0) is 49.4 Å². The Morgan fingerprint density at radius 3 is 0.683 bits per heavy atom. The molecule has 0 spiro atoms. The van der Waals surface area contributed by atoms with Crippen molar-refractivity contribution in [2.75, 3.05) is 39.6 Å². The molecule has 19 heteroatoms. The number of carbonyl (C=O) groups is 4. The number of phosphoric ester groups is 2. The molecule has 17 nitrogen and oxygen atoms in total. The van der Waals surface area contributed by atoms with E-state index < -0.39 is 97.5 Å². The van der Waals surface area contributed by atoms with E-state index in [1.54, 1.807) is 0 Å². The number of unbranched alkanes of at least 4 members (excludes halogenated alkanes) is 47. The highest BCUT2D eigenvalue weighted by atomic mass is 31.2. The summed E-state index contributed by atoms with van der Waals surface area (Å²) in [5, 5.41) is 10.7. The van der Waals surface area contributed by atoms with Gasteiger partial charge in [-0.3, -0.25) is 37.3 Å². The summed E-state index contributed by atoms with van der Waals surface area (Å²) in [6, 6.07) is 0. The largest absolute Gasteiger partial charge is 0.472 e. The van der Waals surface area contributed by atoms with Gasteiger partial charge in [-0.2, -0.15) is 0 Å². The van der Waals surface area contributed by atoms with E-state index in [2.05, 4.69) is 55.4 Å². The third kappa shape index (κ3) is 76.8. The Labute approximate surface area is 638 Å². The molecule has 3 N–H and O–H groups in total. The van der Waals surface area contributed by atoms with Crippen LogP contribution in [0.15, 0.2) is 0 Å². The summed E-state index contributed by atoms with van der Waals surface area (Å²) in [4.78, 5) is 73.1. The standard InChI is InChI=1S/C85H166O17P2/c1-9-78(8)64-56-48-39-33-27-21-17-18-22-28-34-40-49-57-65-82(87)95-71-80(101-84(89)67-59-51-41-35-29-23-15-11-10-13-19-25-31-37-45-53-61-75(2)3)73-99-103(91,92)97-69-79(86)70-98-104(93,94)100-74-81(72-96-83(88)66-58-50-44-43-47-55-63-77(6)7)102-85(90)68-60-52-42-36-30-24-16-12-14-20-26-32-38-46-54-62-76(4)5/h75-81,86H,9-74H2,1-8H3,(H,91,92)(H,93,94)/t78?,79?,80-,81-/m1/s1. The van der Waals surface area contributed by atoms with Gasteiger partial charge in [-0.1, -0.05) is 389 Å². The van der Waals surface area contributed by atoms with Crippen LogP contribution < -0.4 is 0 Å². The van der Waals surface area contributed by atoms with Crippen LogP contribution >= 0.6 is 15.6 Å². The monoisotopic (exact) mass is 1520 g/mol. The predicted octanol–water partition coefficient (Wildman–Crippen LogP) is 25.6. The fourth-order valence-corrected chi connectivity index (χ4v) is 14.7. The van der Waals surface area contributed by atoms with E-state index in [9.17, 15) is 43.2 Å². The molecule has 0 rings (SSSR count). The van der Waals surface area contributed by atoms with E-state index in [-0.39, 0.29) is 25.7 Å². The number of aliphatic hydroxyl groups is 1. The van der Waals surface area contributed by atoms with E-state index in [4.69, 9.17) is 37.0 Å². The molecule has 0 aromatic heterocycles. The first kappa shape index (κ1) is 102. The number of rotatable bonds is 82. The summed E-state index contributed by atoms with van der Waals surface area (Å²) in [5.41, 5.74) is 0. The average molecular weight is 1520 g/mol. The van der Waals surface area contributed by atoms with Crippen LogP contribution in [0.2, 0.25) is 0 Å². The molecule has 0 aliphatic carbocycles. The number of esters is 4. The maximum atomic E-state index is 13.1. The molecule has 0 saturated carbocycles. The van der Waals surface area contributed by atoms with Gasteiger partial charge in [0.25, 0.3) is 0 Å². The zero-order valence-corrected chi connectivity index (χ0v) is 70.5. The van der Waals surface area contributed by atoms with Gasteiger partial charge in [0.05, 0.1) is 26.4 Å². The van der Waals surface area contributed by atoms with E-state index in [1.807, 2.05) is 0 Å². The summed E-state index contributed by atoms with van der Waals surface area (Å²) in [6.45, 7) is 14.3. The zero-order valence-electron chi connectivity index (χ0n) is 68.7. The van der Waals surface area contributed by atoms with Crippen LogP contribution in [0.4, 0.5) is 0 Å². The normalized spacial score (nSPS) is 14.2. The van der Waals surface area contributed by atoms with Crippen LogP contribution in [0.25, 0.3) is 0 Å². The number of hydrogen-bond donors (Lipinski definition) is 3. The SMILES string of the molecule is CCC(C)CCCCCCCCCCCCCCCCC(=O)OC[C@H](COP(=O)(O)OCC(O)COP(=O)(O)OC[C@@H](COC(=O)CCCCCCCCC(C)C)OC(=O)CCCCCCCCCCCCCCCCCC(C)C)OC(=O)CCCCCCCCCCCCCCCCCCC(C)C. The molecule has 0 aromatic rings. The lowest BCUT2D eigenvalue weighted by atomic mass is 9.99. The first-order valence-electron chi connectivity index (χ1n) is 43.7. The molecular formula is C85H166O17P2. The van der Waals surface area contributed by atoms with Crippen LogP contribution in [0, 0.1) is 23.7 Å². The maximum absolute atomic E-state index is 13.1. The van der Waals surface area contributed by atoms with Gasteiger partial charge in [0.1, 0.15) is 19.3 Å². The lowest BCUT2D eigenvalue weighted by Gasteiger charge is -2.21. The molecule has 0 bridgehead atoms. The minimum absolute atomic E-state index is 0.106. The predicted molar refractivity (Wildman–Crippen MR) is 428 cm³/mol. The first-order chi connectivity index (χ1) is 50.1. The van der Waals surface area contributed by atoms with Gasteiger partial charge in [-0.15, -0.1) is 0 Å². The highest BCUT2D eigenvalue weighted by molar-refractivity contribution is 7.47. The molecule has 0 amide bonds. The summed E-state index contributed by atoms with van der Waals surface area (Å²) in [5.74, 6) is 1.03. The van der Waals surface area contributed by atoms with E-state index in [0.717, 1.165) is 114 Å². The average Bonchev–Trinajstić information content (AvgIpc) is 0.906. The highest BCUT2D eigenvalue weighted by Gasteiger charge is 2.30. The molecule has 0 saturated heterocycles. The van der Waals surface area contributed by atoms with E-state index in [1.165, 1.54) is 238 Å². The third-order valence-corrected chi connectivity index (χ3v) is 22.1. The van der Waals surface area contributed by atoms with Crippen molar-refractivity contribution in [1.82, 2.24) is 0 Å². The molecule has 4 unspecified atom stereocenters. The Hall–Kier alpha value is -1.94. The highest BCUT2D eigenvalue weighted by Crippen LogP contribution is 2.45. The number of phosphoric acid groups is 2. The smallest absolute Gasteiger partial charge is 0.462 e. The molecular weight excluding hydrogens is 1350 g/mol. The molecule has 0 heterocycles. The second kappa shape index (κ2) is 73.8. The summed E-state index contributed by atoms with van der Waals surface area (Å²) >= 11 is 0. The van der Waals surface area contributed by atoms with E-state index >= 15 is 0 Å². The topological polar surface area (TPSA) is 237 Å². The minimum atomic E-state index is -4.97. The second-order valence-electron chi connectivity index (χ2n) is 32.2. The number of carbonyl (C=O) groups excluding carboxylic acids is 4. The van der Waals surface area contributed by atoms with Crippen molar-refractivity contribution >= 4 is 39.5 Å². The molecule has 104 heavy (non-hydrogen) atoms. The maximum Gasteiger partial charge on any atom is 0.472 e. The van der Waals surface area contributed by atoms with Crippen molar-refractivity contribution < 1.29 is 80.2 Å². The van der Waals surface area contributed by atoms with Crippen molar-refractivity contribution in [1.29, 1.82) is 0 Å². The van der Waals surface area contributed by atoms with Crippen molar-refractivity contribution in [2.24, 2.45) is 23.7 Å². The molecule has 0 aliphatic rings. The lowest BCUT2D eigenvalue weighted by molar-refractivity contribution is -0.161. The fourth-order valence-electron chi connectivity index (χ4n) is 13.1. The molecule has 0 fully saturated rings. The Balaban J connectivity index is 5.22. The van der Waals surface area contributed by atoms with Gasteiger partial charge >= 0.3 is 39.5 Å². The second-order valence-corrected chi connectivity index (χ2v) is 35.2. The third-order valence-electron chi connectivity index (χ3n) is 20.2. The Bertz CT molecular complexity index is 2030. The van der Waals surface area contributed by atoms with Crippen molar-refractivity contribution in [3.63, 3.8) is 0 Å². The fraction of sp³-hybridized carbons (Fsp3) is 0.953. The quantitative estimate of drug-likeness (QED) is 0.0222. The zero-order chi connectivity index (χ0) is 76.7. The van der Waals surface area contributed by atoms with Crippen LogP contribution in [-0.2, 0) is 65.4 Å². The van der Waals surface area contributed by atoms with Crippen LogP contribution in [0.1, 0.15) is 441 Å².